The molecular formula is C5H8O2Zr. The van der Waals surface area contributed by atoms with E-state index in [0.29, 0.717) is 5.57 Å². The van der Waals surface area contributed by atoms with E-state index in [2.05, 4.69) is 0 Å². The van der Waals surface area contributed by atoms with Crippen LogP contribution in [-0.4, -0.2) is 11.1 Å². The van der Waals surface area contributed by atoms with Crippen LogP contribution in [0.3, 0.4) is 0 Å². The molecule has 8 heavy (non-hydrogen) atoms. The molecule has 2 nitrogen and oxygen atoms in total. The first-order valence-corrected chi connectivity index (χ1v) is 2.04. The molecule has 0 aliphatic carbocycles. The van der Waals surface area contributed by atoms with Crippen molar-refractivity contribution in [2.75, 3.05) is 0 Å². The van der Waals surface area contributed by atoms with Gasteiger partial charge in [-0.25, -0.2) is 4.79 Å². The maximum atomic E-state index is 9.86. The van der Waals surface area contributed by atoms with Gasteiger partial charge in [0.15, 0.2) is 0 Å². The number of aliphatic carboxylic acids is 1. The number of carboxylic acids is 1. The third-order valence-corrected chi connectivity index (χ3v) is 0.770. The monoisotopic (exact) mass is 190 g/mol. The van der Waals surface area contributed by atoms with E-state index >= 15 is 0 Å². The van der Waals surface area contributed by atoms with Gasteiger partial charge in [0.05, 0.1) is 0 Å². The maximum absolute atomic E-state index is 9.86. The molecule has 0 bridgehead atoms. The number of carbonyl (C=O) groups is 1. The van der Waals surface area contributed by atoms with Crippen LogP contribution in [0.15, 0.2) is 11.6 Å². The summed E-state index contributed by atoms with van der Waals surface area (Å²) in [7, 11) is 0. The maximum Gasteiger partial charge on any atom is 0.330 e. The van der Waals surface area contributed by atoms with E-state index in [-0.39, 0.29) is 26.2 Å². The Labute approximate surface area is 67.7 Å². The molecule has 0 aromatic carbocycles. The fraction of sp³-hybridized carbons (Fsp3) is 0.400. The molecule has 0 aliphatic heterocycles. The van der Waals surface area contributed by atoms with Crippen molar-refractivity contribution in [3.63, 3.8) is 0 Å². The van der Waals surface area contributed by atoms with Crippen LogP contribution in [0.5, 0.6) is 0 Å². The van der Waals surface area contributed by atoms with E-state index in [4.69, 9.17) is 5.11 Å². The smallest absolute Gasteiger partial charge is 0.330 e. The first-order chi connectivity index (χ1) is 3.18. The number of allylic oxidation sites excluding steroid dienone is 1. The van der Waals surface area contributed by atoms with Crippen molar-refractivity contribution >= 4 is 5.97 Å². The second-order valence-electron chi connectivity index (χ2n) is 1.28. The summed E-state index contributed by atoms with van der Waals surface area (Å²) in [5.74, 6) is -0.845. The van der Waals surface area contributed by atoms with Crippen molar-refractivity contribution < 1.29 is 36.1 Å². The first kappa shape index (κ1) is 11.0. The van der Waals surface area contributed by atoms with Crippen LogP contribution in [0.4, 0.5) is 0 Å². The normalized spacial score (nSPS) is 10.0. The molecule has 0 aromatic heterocycles. The Balaban J connectivity index is 0. The van der Waals surface area contributed by atoms with Crippen LogP contribution >= 0.6 is 0 Å². The molecule has 0 fully saturated rings. The van der Waals surface area contributed by atoms with Gasteiger partial charge in [-0.2, -0.15) is 0 Å². The van der Waals surface area contributed by atoms with E-state index in [9.17, 15) is 4.79 Å². The minimum atomic E-state index is -0.845. The van der Waals surface area contributed by atoms with Crippen LogP contribution in [0.25, 0.3) is 0 Å². The Bertz CT molecular complexity index is 107. The number of hydrogen-bond acceptors (Lipinski definition) is 1. The average Bonchev–Trinajstić information content (AvgIpc) is 1.65. The van der Waals surface area contributed by atoms with Gasteiger partial charge in [0.1, 0.15) is 0 Å². The molecule has 0 rings (SSSR count). The minimum absolute atomic E-state index is 0. The first-order valence-electron chi connectivity index (χ1n) is 2.04. The van der Waals surface area contributed by atoms with Gasteiger partial charge < -0.3 is 5.11 Å². The van der Waals surface area contributed by atoms with Crippen LogP contribution in [-0.2, 0) is 31.0 Å². The Morgan fingerprint density at radius 2 is 2.00 bits per heavy atom. The zero-order chi connectivity index (χ0) is 5.86. The molecule has 44 valence electrons. The average molecular weight is 191 g/mol. The molecule has 0 spiro atoms. The van der Waals surface area contributed by atoms with Gasteiger partial charge in [0.2, 0.25) is 0 Å². The third kappa shape index (κ3) is 4.26. The molecule has 0 aromatic rings. The van der Waals surface area contributed by atoms with E-state index in [1.807, 2.05) is 0 Å². The molecule has 0 unspecified atom stereocenters. The summed E-state index contributed by atoms with van der Waals surface area (Å²) in [6.45, 7) is 3.26. The SMILES string of the molecule is CC=C(C)C(=O)O.[Zr]. The topological polar surface area (TPSA) is 37.3 Å². The van der Waals surface area contributed by atoms with Crippen LogP contribution in [0.2, 0.25) is 0 Å². The molecule has 0 saturated carbocycles. The molecule has 3 heteroatoms. The predicted molar refractivity (Wildman–Crippen MR) is 27.1 cm³/mol. The molecule has 0 saturated heterocycles. The van der Waals surface area contributed by atoms with Gasteiger partial charge in [-0.3, -0.25) is 0 Å². The Hall–Kier alpha value is 0.0931. The second kappa shape index (κ2) is 5.23. The summed E-state index contributed by atoms with van der Waals surface area (Å²) in [5, 5.41) is 8.11. The molecule has 0 aliphatic rings. The summed E-state index contributed by atoms with van der Waals surface area (Å²) in [5.41, 5.74) is 0.389. The fourth-order valence-electron chi connectivity index (χ4n) is 0.123. The molecule has 1 N–H and O–H groups in total. The van der Waals surface area contributed by atoms with E-state index in [0.717, 1.165) is 0 Å². The van der Waals surface area contributed by atoms with Crippen molar-refractivity contribution in [1.29, 1.82) is 0 Å². The van der Waals surface area contributed by atoms with Crippen molar-refractivity contribution in [1.82, 2.24) is 0 Å². The van der Waals surface area contributed by atoms with Gasteiger partial charge in [-0.15, -0.1) is 0 Å². The van der Waals surface area contributed by atoms with E-state index in [1.165, 1.54) is 0 Å². The van der Waals surface area contributed by atoms with Crippen molar-refractivity contribution in [3.05, 3.63) is 11.6 Å². The Kier molecular flexibility index (Phi) is 7.18. The number of rotatable bonds is 1. The summed E-state index contributed by atoms with van der Waals surface area (Å²) >= 11 is 0. The van der Waals surface area contributed by atoms with Crippen molar-refractivity contribution in [2.24, 2.45) is 0 Å². The molecule has 0 heterocycles. The molecule has 0 atom stereocenters. The second-order valence-corrected chi connectivity index (χ2v) is 1.28. The summed E-state index contributed by atoms with van der Waals surface area (Å²) in [6.07, 6.45) is 1.56. The summed E-state index contributed by atoms with van der Waals surface area (Å²) < 4.78 is 0. The van der Waals surface area contributed by atoms with Gasteiger partial charge in [0, 0.05) is 31.8 Å². The van der Waals surface area contributed by atoms with Crippen LogP contribution in [0, 0.1) is 0 Å². The fourth-order valence-corrected chi connectivity index (χ4v) is 0.123. The van der Waals surface area contributed by atoms with Crippen LogP contribution in [0.1, 0.15) is 13.8 Å². The summed E-state index contributed by atoms with van der Waals surface area (Å²) in [6, 6.07) is 0. The summed E-state index contributed by atoms with van der Waals surface area (Å²) in [4.78, 5) is 9.86. The van der Waals surface area contributed by atoms with Crippen molar-refractivity contribution in [3.8, 4) is 0 Å². The quantitative estimate of drug-likeness (QED) is 0.629. The van der Waals surface area contributed by atoms with Gasteiger partial charge in [-0.1, -0.05) is 6.08 Å². The Morgan fingerprint density at radius 3 is 2.00 bits per heavy atom. The zero-order valence-electron chi connectivity index (χ0n) is 4.93. The van der Waals surface area contributed by atoms with Crippen molar-refractivity contribution in [2.45, 2.75) is 13.8 Å². The van der Waals surface area contributed by atoms with Gasteiger partial charge in [0.25, 0.3) is 0 Å². The number of hydrogen-bond donors (Lipinski definition) is 1. The predicted octanol–water partition coefficient (Wildman–Crippen LogP) is 1.03. The zero-order valence-corrected chi connectivity index (χ0v) is 7.39. The third-order valence-electron chi connectivity index (χ3n) is 0.770. The van der Waals surface area contributed by atoms with Crippen LogP contribution < -0.4 is 0 Å². The van der Waals surface area contributed by atoms with E-state index in [1.54, 1.807) is 19.9 Å². The molecule has 0 amide bonds. The number of carboxylic acid groups (broad SMARTS) is 1. The molecule has 0 radical (unpaired) electrons. The molecular weight excluding hydrogens is 183 g/mol. The van der Waals surface area contributed by atoms with Gasteiger partial charge in [-0.05, 0) is 13.8 Å². The van der Waals surface area contributed by atoms with Gasteiger partial charge >= 0.3 is 5.97 Å². The Morgan fingerprint density at radius 1 is 1.62 bits per heavy atom. The minimum Gasteiger partial charge on any atom is -0.478 e. The standard InChI is InChI=1S/C5H8O2.Zr/c1-3-4(2)5(6)7;/h3H,1-2H3,(H,6,7);. The largest absolute Gasteiger partial charge is 0.478 e. The van der Waals surface area contributed by atoms with E-state index < -0.39 is 5.97 Å².